The Kier molecular flexibility index (Phi) is 5.15. The summed E-state index contributed by atoms with van der Waals surface area (Å²) in [7, 11) is 1.76. The van der Waals surface area contributed by atoms with Crippen LogP contribution >= 0.6 is 0 Å². The molecule has 1 aromatic heterocycles. The van der Waals surface area contributed by atoms with Gasteiger partial charge >= 0.3 is 0 Å². The van der Waals surface area contributed by atoms with Crippen molar-refractivity contribution in [2.24, 2.45) is 5.73 Å². The first-order chi connectivity index (χ1) is 8.11. The number of nitrogens with zero attached hydrogens (tertiary/aromatic N) is 2. The molecule has 0 fully saturated rings. The highest BCUT2D eigenvalue weighted by Gasteiger charge is 2.00. The number of carbonyl (C=O) groups is 1. The number of anilines is 2. The molecule has 1 heterocycles. The molecular weight excluding hydrogens is 222 g/mol. The number of aromatic nitrogens is 2. The maximum atomic E-state index is 10.4. The van der Waals surface area contributed by atoms with Crippen LogP contribution < -0.4 is 16.4 Å². The summed E-state index contributed by atoms with van der Waals surface area (Å²) in [6.45, 7) is 2.76. The molecule has 0 radical (unpaired) electrons. The molecule has 0 bridgehead atoms. The summed E-state index contributed by atoms with van der Waals surface area (Å²) in [5.41, 5.74) is 5.80. The third-order valence-corrected chi connectivity index (χ3v) is 1.87. The number of amides is 1. The van der Waals surface area contributed by atoms with Gasteiger partial charge in [-0.2, -0.15) is 4.98 Å². The van der Waals surface area contributed by atoms with Gasteiger partial charge in [-0.15, -0.1) is 0 Å². The van der Waals surface area contributed by atoms with E-state index in [1.807, 2.05) is 13.0 Å². The fraction of sp³-hybridized carbons (Fsp3) is 0.500. The molecule has 1 aromatic rings. The van der Waals surface area contributed by atoms with E-state index in [1.54, 1.807) is 7.05 Å². The van der Waals surface area contributed by atoms with Crippen LogP contribution in [-0.4, -0.2) is 42.7 Å². The average molecular weight is 239 g/mol. The fourth-order valence-electron chi connectivity index (χ4n) is 1.19. The summed E-state index contributed by atoms with van der Waals surface area (Å²) >= 11 is 0. The van der Waals surface area contributed by atoms with Gasteiger partial charge in [-0.05, 0) is 6.92 Å². The number of hydrogen-bond acceptors (Lipinski definition) is 6. The van der Waals surface area contributed by atoms with Crippen LogP contribution in [0, 0.1) is 6.92 Å². The lowest BCUT2D eigenvalue weighted by molar-refractivity contribution is -0.122. The summed E-state index contributed by atoms with van der Waals surface area (Å²) in [5.74, 6) is 0.801. The molecule has 1 rings (SSSR count). The first-order valence-electron chi connectivity index (χ1n) is 5.25. The zero-order valence-electron chi connectivity index (χ0n) is 9.99. The summed E-state index contributed by atoms with van der Waals surface area (Å²) in [6.07, 6.45) is 0. The van der Waals surface area contributed by atoms with Crippen LogP contribution in [0.25, 0.3) is 0 Å². The Bertz CT molecular complexity index is 383. The molecule has 17 heavy (non-hydrogen) atoms. The van der Waals surface area contributed by atoms with E-state index in [2.05, 4.69) is 20.6 Å². The summed E-state index contributed by atoms with van der Waals surface area (Å²) in [4.78, 5) is 18.8. The summed E-state index contributed by atoms with van der Waals surface area (Å²) in [6, 6.07) is 1.83. The van der Waals surface area contributed by atoms with Crippen molar-refractivity contribution >= 4 is 17.7 Å². The number of nitrogens with two attached hydrogens (primary N) is 1. The van der Waals surface area contributed by atoms with Crippen LogP contribution in [0.5, 0.6) is 0 Å². The second kappa shape index (κ2) is 6.64. The molecule has 0 aromatic carbocycles. The molecule has 0 saturated heterocycles. The minimum Gasteiger partial charge on any atom is -0.370 e. The van der Waals surface area contributed by atoms with Crippen LogP contribution in [0.2, 0.25) is 0 Å². The van der Waals surface area contributed by atoms with Crippen molar-refractivity contribution in [2.45, 2.75) is 6.92 Å². The highest BCUT2D eigenvalue weighted by atomic mass is 16.5. The molecule has 0 aliphatic rings. The summed E-state index contributed by atoms with van der Waals surface area (Å²) in [5, 5.41) is 5.94. The lowest BCUT2D eigenvalue weighted by Gasteiger charge is -2.08. The van der Waals surface area contributed by atoms with Gasteiger partial charge in [0.05, 0.1) is 6.61 Å². The predicted octanol–water partition coefficient (Wildman–Crippen LogP) is -0.259. The molecule has 0 saturated carbocycles. The van der Waals surface area contributed by atoms with Gasteiger partial charge in [-0.3, -0.25) is 4.79 Å². The van der Waals surface area contributed by atoms with E-state index < -0.39 is 5.91 Å². The molecule has 0 aliphatic heterocycles. The number of rotatable bonds is 7. The van der Waals surface area contributed by atoms with E-state index in [0.29, 0.717) is 24.9 Å². The van der Waals surface area contributed by atoms with Gasteiger partial charge in [0, 0.05) is 25.4 Å². The first-order valence-corrected chi connectivity index (χ1v) is 5.25. The van der Waals surface area contributed by atoms with Crippen molar-refractivity contribution in [3.63, 3.8) is 0 Å². The maximum Gasteiger partial charge on any atom is 0.243 e. The number of ether oxygens (including phenoxy) is 1. The molecule has 94 valence electrons. The Morgan fingerprint density at radius 2 is 2.29 bits per heavy atom. The van der Waals surface area contributed by atoms with Gasteiger partial charge in [-0.1, -0.05) is 0 Å². The zero-order valence-corrected chi connectivity index (χ0v) is 9.99. The normalized spacial score (nSPS) is 10.0. The monoisotopic (exact) mass is 239 g/mol. The quantitative estimate of drug-likeness (QED) is 0.567. The summed E-state index contributed by atoms with van der Waals surface area (Å²) < 4.78 is 5.01. The number of hydrogen-bond donors (Lipinski definition) is 3. The number of carbonyl (C=O) groups excluding carboxylic acids is 1. The van der Waals surface area contributed by atoms with E-state index in [9.17, 15) is 4.79 Å². The van der Waals surface area contributed by atoms with Crippen molar-refractivity contribution in [1.29, 1.82) is 0 Å². The van der Waals surface area contributed by atoms with Gasteiger partial charge in [-0.25, -0.2) is 4.98 Å². The van der Waals surface area contributed by atoms with Crippen molar-refractivity contribution in [1.82, 2.24) is 9.97 Å². The van der Waals surface area contributed by atoms with Gasteiger partial charge in [0.2, 0.25) is 11.9 Å². The molecule has 7 heteroatoms. The van der Waals surface area contributed by atoms with E-state index in [1.165, 1.54) is 0 Å². The Labute approximate surface area is 99.8 Å². The molecule has 7 nitrogen and oxygen atoms in total. The smallest absolute Gasteiger partial charge is 0.243 e. The number of aryl methyl sites for hydroxylation is 1. The van der Waals surface area contributed by atoms with Crippen molar-refractivity contribution in [2.75, 3.05) is 37.4 Å². The highest BCUT2D eigenvalue weighted by Crippen LogP contribution is 2.08. The lowest BCUT2D eigenvalue weighted by Crippen LogP contribution is -2.20. The second-order valence-electron chi connectivity index (χ2n) is 3.41. The van der Waals surface area contributed by atoms with Crippen molar-refractivity contribution in [3.8, 4) is 0 Å². The fourth-order valence-corrected chi connectivity index (χ4v) is 1.19. The zero-order chi connectivity index (χ0) is 12.7. The lowest BCUT2D eigenvalue weighted by atomic mass is 10.4. The highest BCUT2D eigenvalue weighted by molar-refractivity contribution is 5.74. The minimum absolute atomic E-state index is 0.0632. The molecule has 0 atom stereocenters. The van der Waals surface area contributed by atoms with Gasteiger partial charge in [0.15, 0.2) is 0 Å². The van der Waals surface area contributed by atoms with Crippen LogP contribution in [0.3, 0.4) is 0 Å². The van der Waals surface area contributed by atoms with Gasteiger partial charge < -0.3 is 21.1 Å². The Hall–Kier alpha value is -1.89. The molecule has 1 amide bonds. The Morgan fingerprint density at radius 1 is 1.53 bits per heavy atom. The second-order valence-corrected chi connectivity index (χ2v) is 3.41. The van der Waals surface area contributed by atoms with E-state index >= 15 is 0 Å². The minimum atomic E-state index is -0.472. The molecule has 0 unspecified atom stereocenters. The topological polar surface area (TPSA) is 102 Å². The SMILES string of the molecule is CNc1nc(C)cc(NCCOCC(N)=O)n1. The van der Waals surface area contributed by atoms with Gasteiger partial charge in [0.25, 0.3) is 0 Å². The first kappa shape index (κ1) is 13.2. The molecular formula is C10H17N5O2. The maximum absolute atomic E-state index is 10.4. The van der Waals surface area contributed by atoms with Crippen LogP contribution in [-0.2, 0) is 9.53 Å². The van der Waals surface area contributed by atoms with Crippen LogP contribution in [0.15, 0.2) is 6.07 Å². The third-order valence-electron chi connectivity index (χ3n) is 1.87. The largest absolute Gasteiger partial charge is 0.370 e. The van der Waals surface area contributed by atoms with Crippen LogP contribution in [0.1, 0.15) is 5.69 Å². The van der Waals surface area contributed by atoms with Gasteiger partial charge in [0.1, 0.15) is 12.4 Å². The Balaban J connectivity index is 2.36. The van der Waals surface area contributed by atoms with Crippen LogP contribution in [0.4, 0.5) is 11.8 Å². The molecule has 4 N–H and O–H groups in total. The Morgan fingerprint density at radius 3 is 2.94 bits per heavy atom. The third kappa shape index (κ3) is 5.12. The number of nitrogens with one attached hydrogen (secondary N) is 2. The van der Waals surface area contributed by atoms with E-state index in [0.717, 1.165) is 5.69 Å². The standard InChI is InChI=1S/C10H17N5O2/c1-7-5-9(15-10(12-2)14-7)13-3-4-17-6-8(11)16/h5H,3-4,6H2,1-2H3,(H2,11,16)(H2,12,13,14,15). The predicted molar refractivity (Wildman–Crippen MR) is 64.8 cm³/mol. The van der Waals surface area contributed by atoms with E-state index in [-0.39, 0.29) is 6.61 Å². The number of primary amides is 1. The van der Waals surface area contributed by atoms with Crippen molar-refractivity contribution < 1.29 is 9.53 Å². The molecule has 0 aliphatic carbocycles. The average Bonchev–Trinajstić information content (AvgIpc) is 2.27. The molecule has 0 spiro atoms. The van der Waals surface area contributed by atoms with Crippen molar-refractivity contribution in [3.05, 3.63) is 11.8 Å². The van der Waals surface area contributed by atoms with E-state index in [4.69, 9.17) is 10.5 Å².